The summed E-state index contributed by atoms with van der Waals surface area (Å²) in [5.41, 5.74) is 0.0345. The standard InChI is InChI=1S/C13H18F3N3O.HI/c1-3-7-18-13(17-2)19-8-9-10(14)5-4-6-11(9)20-12(15)16;/h4-6,12H,3,7-8H2,1-2H3,(H2,17,18,19);1H. The van der Waals surface area contributed by atoms with Gasteiger partial charge in [0.15, 0.2) is 5.96 Å². The van der Waals surface area contributed by atoms with Gasteiger partial charge in [-0.15, -0.1) is 24.0 Å². The highest BCUT2D eigenvalue weighted by molar-refractivity contribution is 14.0. The van der Waals surface area contributed by atoms with Crippen molar-refractivity contribution in [3.05, 3.63) is 29.6 Å². The summed E-state index contributed by atoms with van der Waals surface area (Å²) in [5.74, 6) is -0.321. The van der Waals surface area contributed by atoms with E-state index in [2.05, 4.69) is 20.4 Å². The van der Waals surface area contributed by atoms with Crippen LogP contribution >= 0.6 is 24.0 Å². The summed E-state index contributed by atoms with van der Waals surface area (Å²) in [6.45, 7) is -0.297. The van der Waals surface area contributed by atoms with Crippen LogP contribution in [0.4, 0.5) is 13.2 Å². The first kappa shape index (κ1) is 19.8. The van der Waals surface area contributed by atoms with E-state index in [4.69, 9.17) is 0 Å². The molecule has 0 unspecified atom stereocenters. The summed E-state index contributed by atoms with van der Waals surface area (Å²) in [6.07, 6.45) is 0.903. The van der Waals surface area contributed by atoms with Gasteiger partial charge in [-0.2, -0.15) is 8.78 Å². The lowest BCUT2D eigenvalue weighted by Crippen LogP contribution is -2.37. The maximum atomic E-state index is 13.7. The maximum absolute atomic E-state index is 13.7. The molecule has 0 saturated carbocycles. The molecular weight excluding hydrogens is 398 g/mol. The van der Waals surface area contributed by atoms with E-state index in [9.17, 15) is 13.2 Å². The summed E-state index contributed by atoms with van der Waals surface area (Å²) in [7, 11) is 1.57. The van der Waals surface area contributed by atoms with E-state index in [0.29, 0.717) is 12.5 Å². The average Bonchev–Trinajstić information content (AvgIpc) is 2.40. The van der Waals surface area contributed by atoms with E-state index in [-0.39, 0.29) is 41.8 Å². The molecular formula is C13H19F3IN3O. The van der Waals surface area contributed by atoms with Gasteiger partial charge in [0.1, 0.15) is 11.6 Å². The molecule has 0 atom stereocenters. The molecule has 4 nitrogen and oxygen atoms in total. The largest absolute Gasteiger partial charge is 0.434 e. The monoisotopic (exact) mass is 417 g/mol. The first-order chi connectivity index (χ1) is 9.58. The molecule has 0 fully saturated rings. The zero-order chi connectivity index (χ0) is 15.0. The highest BCUT2D eigenvalue weighted by Gasteiger charge is 2.13. The summed E-state index contributed by atoms with van der Waals surface area (Å²) in [6, 6.07) is 3.81. The lowest BCUT2D eigenvalue weighted by Gasteiger charge is -2.14. The Balaban J connectivity index is 0.00000400. The quantitative estimate of drug-likeness (QED) is 0.425. The molecule has 2 N–H and O–H groups in total. The molecule has 120 valence electrons. The van der Waals surface area contributed by atoms with Gasteiger partial charge in [-0.3, -0.25) is 4.99 Å². The topological polar surface area (TPSA) is 45.7 Å². The van der Waals surface area contributed by atoms with Crippen molar-refractivity contribution < 1.29 is 17.9 Å². The number of nitrogens with zero attached hydrogens (tertiary/aromatic N) is 1. The van der Waals surface area contributed by atoms with Crippen molar-refractivity contribution in [3.63, 3.8) is 0 Å². The van der Waals surface area contributed by atoms with Crippen molar-refractivity contribution in [1.82, 2.24) is 10.6 Å². The minimum atomic E-state index is -2.99. The van der Waals surface area contributed by atoms with Gasteiger partial charge in [0, 0.05) is 25.7 Å². The van der Waals surface area contributed by atoms with Crippen LogP contribution in [0.2, 0.25) is 0 Å². The fraction of sp³-hybridized carbons (Fsp3) is 0.462. The highest BCUT2D eigenvalue weighted by Crippen LogP contribution is 2.23. The SMILES string of the molecule is CCCNC(=NC)NCc1c(F)cccc1OC(F)F.I. The summed E-state index contributed by atoms with van der Waals surface area (Å²) >= 11 is 0. The van der Waals surface area contributed by atoms with Crippen molar-refractivity contribution in [2.24, 2.45) is 4.99 Å². The molecule has 0 aliphatic heterocycles. The van der Waals surface area contributed by atoms with Gasteiger partial charge in [0.05, 0.1) is 0 Å². The zero-order valence-electron chi connectivity index (χ0n) is 11.8. The van der Waals surface area contributed by atoms with Crippen LogP contribution in [0.15, 0.2) is 23.2 Å². The number of guanidine groups is 1. The number of hydrogen-bond donors (Lipinski definition) is 2. The zero-order valence-corrected chi connectivity index (χ0v) is 14.2. The molecule has 8 heteroatoms. The second kappa shape index (κ2) is 10.5. The van der Waals surface area contributed by atoms with Crippen molar-refractivity contribution in [2.75, 3.05) is 13.6 Å². The molecule has 1 aromatic carbocycles. The van der Waals surface area contributed by atoms with Gasteiger partial charge in [0.25, 0.3) is 0 Å². The Hall–Kier alpha value is -1.19. The van der Waals surface area contributed by atoms with Crippen LogP contribution in [0.25, 0.3) is 0 Å². The number of hydrogen-bond acceptors (Lipinski definition) is 2. The highest BCUT2D eigenvalue weighted by atomic mass is 127. The predicted octanol–water partition coefficient (Wildman–Crippen LogP) is 3.12. The Labute approximate surface area is 139 Å². The molecule has 0 aromatic heterocycles. The van der Waals surface area contributed by atoms with Crippen LogP contribution in [0.3, 0.4) is 0 Å². The van der Waals surface area contributed by atoms with E-state index >= 15 is 0 Å². The molecule has 0 amide bonds. The lowest BCUT2D eigenvalue weighted by molar-refractivity contribution is -0.0506. The molecule has 0 spiro atoms. The minimum absolute atomic E-state index is 0. The maximum Gasteiger partial charge on any atom is 0.387 e. The molecule has 0 radical (unpaired) electrons. The molecule has 0 heterocycles. The summed E-state index contributed by atoms with van der Waals surface area (Å²) in [5, 5.41) is 5.85. The third-order valence-electron chi connectivity index (χ3n) is 2.49. The van der Waals surface area contributed by atoms with Gasteiger partial charge in [-0.1, -0.05) is 13.0 Å². The van der Waals surface area contributed by atoms with E-state index in [1.807, 2.05) is 6.92 Å². The Morgan fingerprint density at radius 1 is 1.33 bits per heavy atom. The van der Waals surface area contributed by atoms with Gasteiger partial charge in [-0.25, -0.2) is 4.39 Å². The van der Waals surface area contributed by atoms with Crippen molar-refractivity contribution in [2.45, 2.75) is 26.5 Å². The van der Waals surface area contributed by atoms with E-state index < -0.39 is 12.4 Å². The molecule has 0 bridgehead atoms. The van der Waals surface area contributed by atoms with E-state index in [1.165, 1.54) is 18.2 Å². The third-order valence-corrected chi connectivity index (χ3v) is 2.49. The number of rotatable bonds is 6. The summed E-state index contributed by atoms with van der Waals surface area (Å²) < 4.78 is 42.5. The first-order valence-corrected chi connectivity index (χ1v) is 6.25. The van der Waals surface area contributed by atoms with Crippen LogP contribution in [0, 0.1) is 5.82 Å². The molecule has 0 saturated heterocycles. The number of alkyl halides is 2. The summed E-state index contributed by atoms with van der Waals surface area (Å²) in [4.78, 5) is 3.94. The first-order valence-electron chi connectivity index (χ1n) is 6.25. The van der Waals surface area contributed by atoms with Crippen molar-refractivity contribution in [3.8, 4) is 5.75 Å². The Kier molecular flexibility index (Phi) is 9.93. The fourth-order valence-electron chi connectivity index (χ4n) is 1.55. The fourth-order valence-corrected chi connectivity index (χ4v) is 1.55. The molecule has 1 aromatic rings. The van der Waals surface area contributed by atoms with Crippen molar-refractivity contribution >= 4 is 29.9 Å². The molecule has 21 heavy (non-hydrogen) atoms. The van der Waals surface area contributed by atoms with Crippen molar-refractivity contribution in [1.29, 1.82) is 0 Å². The molecule has 0 aliphatic carbocycles. The van der Waals surface area contributed by atoms with Gasteiger partial charge >= 0.3 is 6.61 Å². The Morgan fingerprint density at radius 3 is 2.62 bits per heavy atom. The van der Waals surface area contributed by atoms with Crippen LogP contribution in [-0.2, 0) is 6.54 Å². The second-order valence-corrected chi connectivity index (χ2v) is 3.95. The number of aliphatic imine (C=N–C) groups is 1. The lowest BCUT2D eigenvalue weighted by atomic mass is 10.2. The van der Waals surface area contributed by atoms with Crippen LogP contribution in [0.1, 0.15) is 18.9 Å². The van der Waals surface area contributed by atoms with Gasteiger partial charge in [0.2, 0.25) is 0 Å². The van der Waals surface area contributed by atoms with E-state index in [1.54, 1.807) is 7.05 Å². The van der Waals surface area contributed by atoms with Crippen LogP contribution in [-0.4, -0.2) is 26.2 Å². The Morgan fingerprint density at radius 2 is 2.05 bits per heavy atom. The number of ether oxygens (including phenoxy) is 1. The van der Waals surface area contributed by atoms with E-state index in [0.717, 1.165) is 6.42 Å². The average molecular weight is 417 g/mol. The number of benzene rings is 1. The number of nitrogens with one attached hydrogen (secondary N) is 2. The van der Waals surface area contributed by atoms with Gasteiger partial charge < -0.3 is 15.4 Å². The third kappa shape index (κ3) is 6.87. The smallest absolute Gasteiger partial charge is 0.387 e. The normalized spacial score (nSPS) is 11.0. The van der Waals surface area contributed by atoms with Crippen LogP contribution in [0.5, 0.6) is 5.75 Å². The molecule has 1 rings (SSSR count). The molecule has 0 aliphatic rings. The van der Waals surface area contributed by atoms with Gasteiger partial charge in [-0.05, 0) is 18.6 Å². The second-order valence-electron chi connectivity index (χ2n) is 3.95. The number of halogens is 4. The van der Waals surface area contributed by atoms with Crippen LogP contribution < -0.4 is 15.4 Å². The predicted molar refractivity (Wildman–Crippen MR) is 86.9 cm³/mol. The Bertz CT molecular complexity index is 458. The minimum Gasteiger partial charge on any atom is -0.434 e.